The molecule has 310 valence electrons. The van der Waals surface area contributed by atoms with E-state index in [1.807, 2.05) is 0 Å². The Morgan fingerprint density at radius 1 is 0.369 bits per heavy atom. The quantitative estimate of drug-likeness (QED) is 0.144. The van der Waals surface area contributed by atoms with Gasteiger partial charge >= 0.3 is 0 Å². The van der Waals surface area contributed by atoms with Crippen LogP contribution in [-0.4, -0.2) is 9.13 Å². The molecule has 0 N–H and O–H groups in total. The van der Waals surface area contributed by atoms with Crippen molar-refractivity contribution in [2.24, 2.45) is 0 Å². The monoisotopic (exact) mass is 834 g/mol. The van der Waals surface area contributed by atoms with E-state index in [2.05, 4.69) is 269 Å². The van der Waals surface area contributed by atoms with Crippen molar-refractivity contribution < 1.29 is 0 Å². The number of para-hydroxylation sites is 6. The zero-order chi connectivity index (χ0) is 43.3. The van der Waals surface area contributed by atoms with E-state index in [0.717, 1.165) is 40.5 Å². The Kier molecular flexibility index (Phi) is 9.49. The van der Waals surface area contributed by atoms with Crippen molar-refractivity contribution in [3.05, 3.63) is 254 Å². The number of benzene rings is 9. The second-order valence-electron chi connectivity index (χ2n) is 17.1. The third-order valence-electron chi connectivity index (χ3n) is 13.1. The van der Waals surface area contributed by atoms with Gasteiger partial charge in [-0.1, -0.05) is 140 Å². The molecule has 0 fully saturated rings. The van der Waals surface area contributed by atoms with E-state index < -0.39 is 0 Å². The third kappa shape index (κ3) is 6.70. The van der Waals surface area contributed by atoms with Gasteiger partial charge in [0, 0.05) is 78.8 Å². The molecule has 0 radical (unpaired) electrons. The Hall–Kier alpha value is -8.34. The van der Waals surface area contributed by atoms with Gasteiger partial charge in [-0.15, -0.1) is 0 Å². The van der Waals surface area contributed by atoms with Crippen LogP contribution < -0.4 is 9.80 Å². The van der Waals surface area contributed by atoms with Crippen molar-refractivity contribution in [2.45, 2.75) is 19.3 Å². The summed E-state index contributed by atoms with van der Waals surface area (Å²) in [4.78, 5) is 4.81. The number of nitrogens with zero attached hydrogens (tertiary/aromatic N) is 4. The molecule has 1 atom stereocenters. The molecular weight excluding hydrogens is 789 g/mol. The first-order chi connectivity index (χ1) is 32.2. The van der Waals surface area contributed by atoms with Gasteiger partial charge in [-0.25, -0.2) is 0 Å². The van der Waals surface area contributed by atoms with Crippen molar-refractivity contribution >= 4 is 67.2 Å². The average Bonchev–Trinajstić information content (AvgIpc) is 3.89. The Morgan fingerprint density at radius 3 is 1.40 bits per heavy atom. The van der Waals surface area contributed by atoms with Gasteiger partial charge in [0.05, 0.1) is 16.6 Å². The zero-order valence-electron chi connectivity index (χ0n) is 36.2. The maximum Gasteiger partial charge on any atom is 0.0542 e. The van der Waals surface area contributed by atoms with Crippen LogP contribution in [0.25, 0.3) is 61.3 Å². The molecule has 11 aromatic rings. The molecule has 4 nitrogen and oxygen atoms in total. The van der Waals surface area contributed by atoms with E-state index in [1.54, 1.807) is 0 Å². The minimum Gasteiger partial charge on any atom is -0.314 e. The standard InChI is InChI=1S/C61H46N4/c1-43-40-53(42-57-55-27-15-17-29-59(55)65(61(43)57)49-24-12-5-13-25-49)63(47-20-8-3-9-21-47)51-36-32-45(33-37-51)44-30-34-50(35-31-44)62(46-18-6-2-7-19-46)52-38-39-60-56(41-52)54-26-14-16-28-58(54)64(60)48-22-10-4-11-23-48/h2-39,41-43H,40H2,1H3. The molecule has 1 aliphatic carbocycles. The van der Waals surface area contributed by atoms with Crippen LogP contribution in [0, 0.1) is 0 Å². The second-order valence-corrected chi connectivity index (χ2v) is 17.1. The van der Waals surface area contributed by atoms with Gasteiger partial charge in [-0.05, 0) is 127 Å². The molecule has 0 saturated carbocycles. The van der Waals surface area contributed by atoms with Gasteiger partial charge in [-0.2, -0.15) is 0 Å². The number of aromatic nitrogens is 2. The molecule has 1 aliphatic rings. The van der Waals surface area contributed by atoms with Gasteiger partial charge in [0.15, 0.2) is 0 Å². The minimum atomic E-state index is 0.300. The Morgan fingerprint density at radius 2 is 0.800 bits per heavy atom. The lowest BCUT2D eigenvalue weighted by molar-refractivity contribution is 0.692. The summed E-state index contributed by atoms with van der Waals surface area (Å²) in [7, 11) is 0. The lowest BCUT2D eigenvalue weighted by Gasteiger charge is -2.33. The lowest BCUT2D eigenvalue weighted by atomic mass is 9.89. The minimum absolute atomic E-state index is 0.300. The summed E-state index contributed by atoms with van der Waals surface area (Å²) in [6, 6.07) is 85.5. The Labute approximate surface area is 379 Å². The number of allylic oxidation sites excluding steroid dienone is 1. The van der Waals surface area contributed by atoms with Crippen LogP contribution in [0.1, 0.15) is 30.5 Å². The summed E-state index contributed by atoms with van der Waals surface area (Å²) in [5.41, 5.74) is 17.9. The first-order valence-electron chi connectivity index (χ1n) is 22.6. The number of fused-ring (bicyclic) bond motifs is 6. The maximum atomic E-state index is 2.47. The molecule has 9 aromatic carbocycles. The highest BCUT2D eigenvalue weighted by molar-refractivity contribution is 6.10. The number of hydrogen-bond donors (Lipinski definition) is 0. The molecule has 4 heteroatoms. The summed E-state index contributed by atoms with van der Waals surface area (Å²) in [5, 5.41) is 3.74. The normalized spacial score (nSPS) is 13.5. The SMILES string of the molecule is CC1CC(N(c2ccccc2)c2ccc(-c3ccc(N(c4ccccc4)c4ccc5c(c4)c4ccccc4n5-c4ccccc4)cc3)cc2)=Cc2c1n(-c1ccccc1)c1ccccc21. The van der Waals surface area contributed by atoms with Gasteiger partial charge in [0.25, 0.3) is 0 Å². The fraction of sp³-hybridized carbons (Fsp3) is 0.0492. The van der Waals surface area contributed by atoms with Gasteiger partial charge in [0.1, 0.15) is 0 Å². The van der Waals surface area contributed by atoms with E-state index >= 15 is 0 Å². The summed E-state index contributed by atoms with van der Waals surface area (Å²) in [6.07, 6.45) is 3.35. The summed E-state index contributed by atoms with van der Waals surface area (Å²) >= 11 is 0. The molecule has 12 rings (SSSR count). The lowest BCUT2D eigenvalue weighted by Crippen LogP contribution is -2.21. The first-order valence-corrected chi connectivity index (χ1v) is 22.6. The third-order valence-corrected chi connectivity index (χ3v) is 13.1. The van der Waals surface area contributed by atoms with E-state index in [-0.39, 0.29) is 0 Å². The molecule has 2 heterocycles. The van der Waals surface area contributed by atoms with Crippen LogP contribution in [0.3, 0.4) is 0 Å². The summed E-state index contributed by atoms with van der Waals surface area (Å²) < 4.78 is 4.84. The van der Waals surface area contributed by atoms with Crippen LogP contribution in [0.5, 0.6) is 0 Å². The first kappa shape index (κ1) is 38.3. The highest BCUT2D eigenvalue weighted by Gasteiger charge is 2.29. The van der Waals surface area contributed by atoms with E-state index in [9.17, 15) is 0 Å². The van der Waals surface area contributed by atoms with Crippen LogP contribution in [0.4, 0.5) is 28.4 Å². The topological polar surface area (TPSA) is 16.3 Å². The van der Waals surface area contributed by atoms with E-state index in [0.29, 0.717) is 5.92 Å². The van der Waals surface area contributed by atoms with Crippen LogP contribution in [0.15, 0.2) is 242 Å². The summed E-state index contributed by atoms with van der Waals surface area (Å²) in [6.45, 7) is 2.38. The second kappa shape index (κ2) is 16.1. The molecule has 0 saturated heterocycles. The maximum absolute atomic E-state index is 2.47. The van der Waals surface area contributed by atoms with Crippen LogP contribution in [-0.2, 0) is 0 Å². The van der Waals surface area contributed by atoms with Crippen molar-refractivity contribution in [1.29, 1.82) is 0 Å². The predicted octanol–water partition coefficient (Wildman–Crippen LogP) is 16.6. The van der Waals surface area contributed by atoms with E-state index in [1.165, 1.54) is 66.5 Å². The molecule has 1 unspecified atom stereocenters. The highest BCUT2D eigenvalue weighted by atomic mass is 15.2. The molecule has 0 spiro atoms. The molecule has 65 heavy (non-hydrogen) atoms. The Bertz CT molecular complexity index is 3500. The molecular formula is C61H46N4. The summed E-state index contributed by atoms with van der Waals surface area (Å²) in [5.74, 6) is 0.300. The largest absolute Gasteiger partial charge is 0.314 e. The molecule has 0 aliphatic heterocycles. The average molecular weight is 835 g/mol. The number of hydrogen-bond acceptors (Lipinski definition) is 2. The molecule has 0 bridgehead atoms. The molecule has 0 amide bonds. The van der Waals surface area contributed by atoms with Gasteiger partial charge in [-0.3, -0.25) is 0 Å². The van der Waals surface area contributed by atoms with Gasteiger partial charge in [0.2, 0.25) is 0 Å². The fourth-order valence-corrected chi connectivity index (χ4v) is 10.2. The predicted molar refractivity (Wildman–Crippen MR) is 274 cm³/mol. The van der Waals surface area contributed by atoms with Crippen molar-refractivity contribution in [1.82, 2.24) is 9.13 Å². The van der Waals surface area contributed by atoms with Gasteiger partial charge < -0.3 is 18.9 Å². The van der Waals surface area contributed by atoms with E-state index in [4.69, 9.17) is 0 Å². The van der Waals surface area contributed by atoms with Crippen molar-refractivity contribution in [3.63, 3.8) is 0 Å². The highest BCUT2D eigenvalue weighted by Crippen LogP contribution is 2.46. The van der Waals surface area contributed by atoms with Crippen LogP contribution >= 0.6 is 0 Å². The Balaban J connectivity index is 0.899. The number of rotatable bonds is 9. The zero-order valence-corrected chi connectivity index (χ0v) is 36.2. The van der Waals surface area contributed by atoms with Crippen molar-refractivity contribution in [2.75, 3.05) is 9.80 Å². The van der Waals surface area contributed by atoms with Crippen LogP contribution in [0.2, 0.25) is 0 Å². The fourth-order valence-electron chi connectivity index (χ4n) is 10.2. The number of anilines is 5. The van der Waals surface area contributed by atoms with Crippen molar-refractivity contribution in [3.8, 4) is 22.5 Å². The smallest absolute Gasteiger partial charge is 0.0542 e. The molecule has 2 aromatic heterocycles.